The molecule has 0 fully saturated rings. The van der Waals surface area contributed by atoms with Gasteiger partial charge in [0.15, 0.2) is 11.2 Å². The maximum atomic E-state index is 5.90. The zero-order valence-corrected chi connectivity index (χ0v) is 14.7. The Morgan fingerprint density at radius 1 is 0.963 bits per heavy atom. The van der Waals surface area contributed by atoms with Crippen molar-refractivity contribution >= 4 is 33.5 Å². The SMILES string of the molecule is C\C=C(/C=C\C=C\N)c1nc2cc3nc(-c4ccc(N)cc4)oc3cc2o1. The number of rotatable bonds is 4. The summed E-state index contributed by atoms with van der Waals surface area (Å²) in [6, 6.07) is 11.1. The second-order valence-corrected chi connectivity index (χ2v) is 5.94. The molecule has 134 valence electrons. The summed E-state index contributed by atoms with van der Waals surface area (Å²) in [4.78, 5) is 9.12. The topological polar surface area (TPSA) is 104 Å². The maximum Gasteiger partial charge on any atom is 0.227 e. The molecule has 0 saturated heterocycles. The summed E-state index contributed by atoms with van der Waals surface area (Å²) in [6.07, 6.45) is 8.84. The molecule has 27 heavy (non-hydrogen) atoms. The Labute approximate surface area is 155 Å². The molecular formula is C21H18N4O2. The van der Waals surface area contributed by atoms with Crippen molar-refractivity contribution in [2.45, 2.75) is 6.92 Å². The van der Waals surface area contributed by atoms with Crippen molar-refractivity contribution in [2.24, 2.45) is 5.73 Å². The van der Waals surface area contributed by atoms with E-state index in [0.717, 1.165) is 22.2 Å². The molecule has 0 aliphatic heterocycles. The van der Waals surface area contributed by atoms with Gasteiger partial charge in [-0.05, 0) is 55.6 Å². The van der Waals surface area contributed by atoms with E-state index in [1.165, 1.54) is 6.20 Å². The van der Waals surface area contributed by atoms with Gasteiger partial charge in [0, 0.05) is 22.9 Å². The molecule has 6 nitrogen and oxygen atoms in total. The molecule has 0 aliphatic rings. The van der Waals surface area contributed by atoms with Gasteiger partial charge in [0.05, 0.1) is 0 Å². The first-order chi connectivity index (χ1) is 13.2. The van der Waals surface area contributed by atoms with Crippen LogP contribution in [-0.4, -0.2) is 9.97 Å². The zero-order chi connectivity index (χ0) is 18.8. The van der Waals surface area contributed by atoms with Crippen LogP contribution in [0.25, 0.3) is 39.2 Å². The van der Waals surface area contributed by atoms with Gasteiger partial charge in [-0.3, -0.25) is 0 Å². The van der Waals surface area contributed by atoms with Crippen LogP contribution in [0, 0.1) is 0 Å². The smallest absolute Gasteiger partial charge is 0.227 e. The van der Waals surface area contributed by atoms with E-state index < -0.39 is 0 Å². The fraction of sp³-hybridized carbons (Fsp3) is 0.0476. The van der Waals surface area contributed by atoms with Gasteiger partial charge in [-0.1, -0.05) is 12.2 Å². The number of anilines is 1. The van der Waals surface area contributed by atoms with E-state index in [0.29, 0.717) is 28.6 Å². The Morgan fingerprint density at radius 3 is 2.44 bits per heavy atom. The van der Waals surface area contributed by atoms with Gasteiger partial charge in [0.2, 0.25) is 11.8 Å². The fourth-order valence-electron chi connectivity index (χ4n) is 2.74. The minimum atomic E-state index is 0.528. The second kappa shape index (κ2) is 6.84. The lowest BCUT2D eigenvalue weighted by atomic mass is 10.2. The van der Waals surface area contributed by atoms with Crippen molar-refractivity contribution in [3.8, 4) is 11.5 Å². The van der Waals surface area contributed by atoms with Crippen LogP contribution < -0.4 is 11.5 Å². The summed E-state index contributed by atoms with van der Waals surface area (Å²) >= 11 is 0. The first-order valence-corrected chi connectivity index (χ1v) is 8.46. The number of oxazole rings is 2. The van der Waals surface area contributed by atoms with Crippen LogP contribution >= 0.6 is 0 Å². The van der Waals surface area contributed by atoms with E-state index in [1.54, 1.807) is 6.08 Å². The van der Waals surface area contributed by atoms with Crippen LogP contribution in [-0.2, 0) is 0 Å². The average Bonchev–Trinajstić information content (AvgIpc) is 3.26. The van der Waals surface area contributed by atoms with Crippen molar-refractivity contribution in [1.29, 1.82) is 0 Å². The van der Waals surface area contributed by atoms with Gasteiger partial charge in [-0.15, -0.1) is 0 Å². The van der Waals surface area contributed by atoms with Crippen LogP contribution in [0.4, 0.5) is 5.69 Å². The molecule has 0 atom stereocenters. The number of nitrogens with zero attached hydrogens (tertiary/aromatic N) is 2. The third kappa shape index (κ3) is 3.20. The van der Waals surface area contributed by atoms with Gasteiger partial charge in [-0.25, -0.2) is 9.97 Å². The largest absolute Gasteiger partial charge is 0.436 e. The second-order valence-electron chi connectivity index (χ2n) is 5.94. The summed E-state index contributed by atoms with van der Waals surface area (Å²) in [5.41, 5.74) is 16.2. The van der Waals surface area contributed by atoms with E-state index in [9.17, 15) is 0 Å². The standard InChI is InChI=1S/C21H18N4O2/c1-2-13(5-3-4-10-22)20-24-16-11-17-19(12-18(16)26-20)27-21(25-17)14-6-8-15(23)9-7-14/h2-12H,22-23H2,1H3/b5-3-,10-4+,13-2+. The fourth-order valence-corrected chi connectivity index (χ4v) is 2.74. The monoisotopic (exact) mass is 358 g/mol. The van der Waals surface area contributed by atoms with Crippen molar-refractivity contribution in [2.75, 3.05) is 5.73 Å². The van der Waals surface area contributed by atoms with Crippen molar-refractivity contribution < 1.29 is 8.83 Å². The molecule has 6 heteroatoms. The van der Waals surface area contributed by atoms with Gasteiger partial charge >= 0.3 is 0 Å². The number of hydrogen-bond donors (Lipinski definition) is 2. The third-order valence-electron chi connectivity index (χ3n) is 4.11. The van der Waals surface area contributed by atoms with Crippen LogP contribution in [0.15, 0.2) is 75.7 Å². The number of hydrogen-bond acceptors (Lipinski definition) is 6. The molecule has 0 unspecified atom stereocenters. The van der Waals surface area contributed by atoms with E-state index in [2.05, 4.69) is 9.97 Å². The molecule has 0 aliphatic carbocycles. The first kappa shape index (κ1) is 16.7. The van der Waals surface area contributed by atoms with Crippen LogP contribution in [0.2, 0.25) is 0 Å². The summed E-state index contributed by atoms with van der Waals surface area (Å²) in [6.45, 7) is 1.92. The minimum Gasteiger partial charge on any atom is -0.436 e. The minimum absolute atomic E-state index is 0.528. The maximum absolute atomic E-state index is 5.90. The van der Waals surface area contributed by atoms with E-state index in [4.69, 9.17) is 20.3 Å². The summed E-state index contributed by atoms with van der Waals surface area (Å²) < 4.78 is 11.8. The van der Waals surface area contributed by atoms with E-state index >= 15 is 0 Å². The lowest BCUT2D eigenvalue weighted by Gasteiger charge is -1.95. The van der Waals surface area contributed by atoms with Crippen molar-refractivity contribution in [3.05, 3.63) is 72.8 Å². The van der Waals surface area contributed by atoms with Crippen molar-refractivity contribution in [1.82, 2.24) is 9.97 Å². The lowest BCUT2D eigenvalue weighted by molar-refractivity contribution is 0.583. The number of nitrogen functional groups attached to an aromatic ring is 1. The van der Waals surface area contributed by atoms with E-state index in [-0.39, 0.29) is 0 Å². The first-order valence-electron chi connectivity index (χ1n) is 8.46. The molecule has 4 rings (SSSR count). The third-order valence-corrected chi connectivity index (χ3v) is 4.11. The number of allylic oxidation sites excluding steroid dienone is 5. The van der Waals surface area contributed by atoms with Crippen LogP contribution in [0.1, 0.15) is 12.8 Å². The van der Waals surface area contributed by atoms with Gasteiger partial charge < -0.3 is 20.3 Å². The molecule has 4 N–H and O–H groups in total. The average molecular weight is 358 g/mol. The Kier molecular flexibility index (Phi) is 4.22. The quantitative estimate of drug-likeness (QED) is 0.406. The molecular weight excluding hydrogens is 340 g/mol. The highest BCUT2D eigenvalue weighted by molar-refractivity contribution is 5.91. The molecule has 0 spiro atoms. The normalized spacial score (nSPS) is 12.9. The predicted octanol–water partition coefficient (Wildman–Crippen LogP) is 4.65. The number of nitrogens with two attached hydrogens (primary N) is 2. The number of fused-ring (bicyclic) bond motifs is 2. The number of aromatic nitrogens is 2. The predicted molar refractivity (Wildman–Crippen MR) is 108 cm³/mol. The molecule has 2 aromatic heterocycles. The van der Waals surface area contributed by atoms with E-state index in [1.807, 2.05) is 61.5 Å². The van der Waals surface area contributed by atoms with Crippen LogP contribution in [0.3, 0.4) is 0 Å². The lowest BCUT2D eigenvalue weighted by Crippen LogP contribution is -1.83. The summed E-state index contributed by atoms with van der Waals surface area (Å²) in [5.74, 6) is 1.06. The van der Waals surface area contributed by atoms with Crippen molar-refractivity contribution in [3.63, 3.8) is 0 Å². The molecule has 2 aromatic carbocycles. The Morgan fingerprint density at radius 2 is 1.70 bits per heavy atom. The molecule has 0 saturated carbocycles. The highest BCUT2D eigenvalue weighted by atomic mass is 16.4. The zero-order valence-electron chi connectivity index (χ0n) is 14.7. The van der Waals surface area contributed by atoms with Gasteiger partial charge in [-0.2, -0.15) is 0 Å². The Balaban J connectivity index is 1.74. The Bertz CT molecular complexity index is 1140. The molecule has 4 aromatic rings. The van der Waals surface area contributed by atoms with Crippen LogP contribution in [0.5, 0.6) is 0 Å². The highest BCUT2D eigenvalue weighted by Gasteiger charge is 2.14. The van der Waals surface area contributed by atoms with Gasteiger partial charge in [0.1, 0.15) is 11.0 Å². The summed E-state index contributed by atoms with van der Waals surface area (Å²) in [5, 5.41) is 0. The number of benzene rings is 2. The molecule has 0 amide bonds. The highest BCUT2D eigenvalue weighted by Crippen LogP contribution is 2.30. The summed E-state index contributed by atoms with van der Waals surface area (Å²) in [7, 11) is 0. The molecule has 0 bridgehead atoms. The molecule has 0 radical (unpaired) electrons. The molecule has 2 heterocycles. The van der Waals surface area contributed by atoms with Gasteiger partial charge in [0.25, 0.3) is 0 Å². The Hall–Kier alpha value is -3.80.